The second kappa shape index (κ2) is 10.4. The van der Waals surface area contributed by atoms with Crippen LogP contribution in [-0.2, 0) is 9.59 Å². The Bertz CT molecular complexity index is 859. The second-order valence-corrected chi connectivity index (χ2v) is 8.21. The summed E-state index contributed by atoms with van der Waals surface area (Å²) in [5.41, 5.74) is 4.00. The monoisotopic (exact) mass is 408 g/mol. The van der Waals surface area contributed by atoms with Crippen molar-refractivity contribution in [2.75, 3.05) is 49.9 Å². The van der Waals surface area contributed by atoms with Crippen molar-refractivity contribution < 1.29 is 9.59 Å². The summed E-state index contributed by atoms with van der Waals surface area (Å²) in [5.74, 6) is 0.361. The molecule has 2 aromatic carbocycles. The molecule has 1 aliphatic rings. The summed E-state index contributed by atoms with van der Waals surface area (Å²) in [6.45, 7) is 10.1. The molecule has 0 atom stereocenters. The van der Waals surface area contributed by atoms with Crippen molar-refractivity contribution in [2.24, 2.45) is 0 Å². The van der Waals surface area contributed by atoms with Gasteiger partial charge in [0.15, 0.2) is 0 Å². The first-order valence-electron chi connectivity index (χ1n) is 10.6. The lowest BCUT2D eigenvalue weighted by molar-refractivity contribution is -0.120. The van der Waals surface area contributed by atoms with E-state index in [0.29, 0.717) is 19.0 Å². The summed E-state index contributed by atoms with van der Waals surface area (Å²) in [4.78, 5) is 29.1. The lowest BCUT2D eigenvalue weighted by Gasteiger charge is -2.33. The summed E-state index contributed by atoms with van der Waals surface area (Å²) < 4.78 is 0. The molecule has 6 heteroatoms. The molecule has 0 unspecified atom stereocenters. The van der Waals surface area contributed by atoms with E-state index in [1.54, 1.807) is 0 Å². The van der Waals surface area contributed by atoms with Crippen LogP contribution in [0.4, 0.5) is 11.4 Å². The zero-order chi connectivity index (χ0) is 21.5. The number of rotatable bonds is 7. The first-order chi connectivity index (χ1) is 14.4. The van der Waals surface area contributed by atoms with Crippen LogP contribution in [-0.4, -0.2) is 60.9 Å². The van der Waals surface area contributed by atoms with Crippen LogP contribution in [0.25, 0.3) is 0 Å². The molecule has 0 aromatic heterocycles. The molecule has 1 aliphatic heterocycles. The Morgan fingerprint density at radius 2 is 1.40 bits per heavy atom. The zero-order valence-electron chi connectivity index (χ0n) is 18.1. The Balaban J connectivity index is 1.45. The first-order valence-corrected chi connectivity index (χ1v) is 10.6. The van der Waals surface area contributed by atoms with Gasteiger partial charge in [0.1, 0.15) is 0 Å². The predicted octanol–water partition coefficient (Wildman–Crippen LogP) is 3.31. The van der Waals surface area contributed by atoms with Crippen molar-refractivity contribution in [1.29, 1.82) is 0 Å². The van der Waals surface area contributed by atoms with Gasteiger partial charge in [0.25, 0.3) is 0 Å². The number of aryl methyl sites for hydroxylation is 1. The molecule has 0 saturated carbocycles. The van der Waals surface area contributed by atoms with Gasteiger partial charge in [-0.3, -0.25) is 19.4 Å². The van der Waals surface area contributed by atoms with E-state index in [1.807, 2.05) is 49.4 Å². The van der Waals surface area contributed by atoms with Gasteiger partial charge in [-0.2, -0.15) is 0 Å². The van der Waals surface area contributed by atoms with Crippen molar-refractivity contribution in [3.05, 3.63) is 59.7 Å². The fraction of sp³-hybridized carbons (Fsp3) is 0.417. The van der Waals surface area contributed by atoms with Gasteiger partial charge in [0, 0.05) is 37.6 Å². The number of hydrogen-bond acceptors (Lipinski definition) is 4. The predicted molar refractivity (Wildman–Crippen MR) is 122 cm³/mol. The van der Waals surface area contributed by atoms with Gasteiger partial charge in [-0.05, 0) is 36.1 Å². The highest BCUT2D eigenvalue weighted by Crippen LogP contribution is 2.27. The zero-order valence-corrected chi connectivity index (χ0v) is 18.1. The maximum absolute atomic E-state index is 12.6. The van der Waals surface area contributed by atoms with Crippen LogP contribution in [0.2, 0.25) is 0 Å². The van der Waals surface area contributed by atoms with Crippen molar-refractivity contribution in [3.8, 4) is 0 Å². The fourth-order valence-corrected chi connectivity index (χ4v) is 3.75. The Hall–Kier alpha value is -2.70. The molecular formula is C24H32N4O2. The number of nitrogens with one attached hydrogen (secondary N) is 2. The van der Waals surface area contributed by atoms with Crippen molar-refractivity contribution >= 4 is 23.2 Å². The maximum Gasteiger partial charge on any atom is 0.238 e. The second-order valence-electron chi connectivity index (χ2n) is 8.21. The van der Waals surface area contributed by atoms with Crippen LogP contribution in [0.5, 0.6) is 0 Å². The largest absolute Gasteiger partial charge is 0.325 e. The summed E-state index contributed by atoms with van der Waals surface area (Å²) in [6.07, 6.45) is 0. The molecule has 0 radical (unpaired) electrons. The summed E-state index contributed by atoms with van der Waals surface area (Å²) in [5, 5.41) is 6.04. The molecule has 0 aliphatic carbocycles. The molecule has 2 N–H and O–H groups in total. The van der Waals surface area contributed by atoms with Gasteiger partial charge in [-0.25, -0.2) is 0 Å². The van der Waals surface area contributed by atoms with Gasteiger partial charge in [0.2, 0.25) is 11.8 Å². The number of para-hydroxylation sites is 2. The smallest absolute Gasteiger partial charge is 0.238 e. The third-order valence-corrected chi connectivity index (χ3v) is 5.45. The topological polar surface area (TPSA) is 64.7 Å². The van der Waals surface area contributed by atoms with Crippen LogP contribution in [0.1, 0.15) is 30.9 Å². The number of hydrogen-bond donors (Lipinski definition) is 2. The van der Waals surface area contributed by atoms with Gasteiger partial charge < -0.3 is 10.6 Å². The number of carbonyl (C=O) groups is 2. The molecule has 1 fully saturated rings. The number of anilines is 2. The quantitative estimate of drug-likeness (QED) is 0.738. The molecule has 1 heterocycles. The van der Waals surface area contributed by atoms with Gasteiger partial charge >= 0.3 is 0 Å². The summed E-state index contributed by atoms with van der Waals surface area (Å²) >= 11 is 0. The lowest BCUT2D eigenvalue weighted by Crippen LogP contribution is -2.50. The molecule has 30 heavy (non-hydrogen) atoms. The van der Waals surface area contributed by atoms with Crippen LogP contribution >= 0.6 is 0 Å². The average molecular weight is 409 g/mol. The van der Waals surface area contributed by atoms with Crippen molar-refractivity contribution in [3.63, 3.8) is 0 Å². The molecule has 6 nitrogen and oxygen atoms in total. The average Bonchev–Trinajstić information content (AvgIpc) is 2.71. The summed E-state index contributed by atoms with van der Waals surface area (Å²) in [6, 6.07) is 15.6. The van der Waals surface area contributed by atoms with Gasteiger partial charge in [-0.15, -0.1) is 0 Å². The Morgan fingerprint density at radius 3 is 1.97 bits per heavy atom. The standard InChI is InChI=1S/C24H32N4O2/c1-18(2)21-11-7-8-19(3)24(21)26-23(30)17-28-14-12-27(13-15-28)16-22(29)25-20-9-5-4-6-10-20/h4-11,18H,12-17H2,1-3H3,(H,25,29)(H,26,30). The van der Waals surface area contributed by atoms with E-state index in [4.69, 9.17) is 0 Å². The van der Waals surface area contributed by atoms with Crippen LogP contribution in [0.15, 0.2) is 48.5 Å². The lowest BCUT2D eigenvalue weighted by atomic mass is 9.98. The Kier molecular flexibility index (Phi) is 7.60. The number of carbonyl (C=O) groups excluding carboxylic acids is 2. The van der Waals surface area contributed by atoms with E-state index in [9.17, 15) is 9.59 Å². The Labute approximate surface area is 179 Å². The molecule has 2 amide bonds. The molecule has 3 rings (SSSR count). The molecule has 1 saturated heterocycles. The molecular weight excluding hydrogens is 376 g/mol. The van der Waals surface area contributed by atoms with E-state index < -0.39 is 0 Å². The third kappa shape index (κ3) is 6.15. The normalized spacial score (nSPS) is 15.2. The minimum atomic E-state index is -0.00633. The highest BCUT2D eigenvalue weighted by Gasteiger charge is 2.21. The molecule has 2 aromatic rings. The van der Waals surface area contributed by atoms with E-state index in [-0.39, 0.29) is 11.8 Å². The van der Waals surface area contributed by atoms with Crippen LogP contribution in [0, 0.1) is 6.92 Å². The van der Waals surface area contributed by atoms with Crippen LogP contribution < -0.4 is 10.6 Å². The first kappa shape index (κ1) is 22.0. The summed E-state index contributed by atoms with van der Waals surface area (Å²) in [7, 11) is 0. The SMILES string of the molecule is Cc1cccc(C(C)C)c1NC(=O)CN1CCN(CC(=O)Nc2ccccc2)CC1. The van der Waals surface area contributed by atoms with Crippen molar-refractivity contribution in [1.82, 2.24) is 9.80 Å². The van der Waals surface area contributed by atoms with E-state index >= 15 is 0 Å². The maximum atomic E-state index is 12.6. The van der Waals surface area contributed by atoms with E-state index in [2.05, 4.69) is 40.3 Å². The highest BCUT2D eigenvalue weighted by molar-refractivity contribution is 5.94. The molecule has 0 bridgehead atoms. The minimum Gasteiger partial charge on any atom is -0.325 e. The minimum absolute atomic E-state index is 0.00633. The number of piperazine rings is 1. The van der Waals surface area contributed by atoms with Gasteiger partial charge in [-0.1, -0.05) is 50.2 Å². The van der Waals surface area contributed by atoms with Crippen LogP contribution in [0.3, 0.4) is 0 Å². The van der Waals surface area contributed by atoms with E-state index in [1.165, 1.54) is 0 Å². The number of nitrogens with zero attached hydrogens (tertiary/aromatic N) is 2. The number of amides is 2. The third-order valence-electron chi connectivity index (χ3n) is 5.45. The van der Waals surface area contributed by atoms with Crippen molar-refractivity contribution in [2.45, 2.75) is 26.7 Å². The van der Waals surface area contributed by atoms with E-state index in [0.717, 1.165) is 48.7 Å². The number of benzene rings is 2. The van der Waals surface area contributed by atoms with Gasteiger partial charge in [0.05, 0.1) is 13.1 Å². The molecule has 0 spiro atoms. The Morgan fingerprint density at radius 1 is 0.833 bits per heavy atom. The molecule has 160 valence electrons. The highest BCUT2D eigenvalue weighted by atomic mass is 16.2. The fourth-order valence-electron chi connectivity index (χ4n) is 3.75.